The van der Waals surface area contributed by atoms with E-state index in [2.05, 4.69) is 32.2 Å². The van der Waals surface area contributed by atoms with Gasteiger partial charge in [-0.2, -0.15) is 0 Å². The highest BCUT2D eigenvalue weighted by atomic mass is 16.2. The number of aryl methyl sites for hydroxylation is 1. The highest BCUT2D eigenvalue weighted by molar-refractivity contribution is 5.84. The van der Waals surface area contributed by atoms with Gasteiger partial charge in [0.2, 0.25) is 5.91 Å². The number of rotatable bonds is 3. The summed E-state index contributed by atoms with van der Waals surface area (Å²) in [6, 6.07) is 0.714. The Morgan fingerprint density at radius 2 is 2.00 bits per heavy atom. The van der Waals surface area contributed by atoms with Crippen LogP contribution in [0.1, 0.15) is 50.9 Å². The summed E-state index contributed by atoms with van der Waals surface area (Å²) >= 11 is 0. The first-order chi connectivity index (χ1) is 12.6. The number of aromatic nitrogens is 4. The molecular weight excluding hydrogens is 328 g/mol. The molecule has 6 atom stereocenters. The summed E-state index contributed by atoms with van der Waals surface area (Å²) in [4.78, 5) is 18.0. The number of nitrogens with zero attached hydrogens (tertiary/aromatic N) is 6. The molecule has 0 radical (unpaired) electrons. The molecule has 7 rings (SSSR count). The Labute approximate surface area is 154 Å². The van der Waals surface area contributed by atoms with E-state index in [0.717, 1.165) is 31.4 Å². The van der Waals surface area contributed by atoms with Gasteiger partial charge in [0.25, 0.3) is 0 Å². The largest absolute Gasteiger partial charge is 0.339 e. The van der Waals surface area contributed by atoms with Crippen molar-refractivity contribution < 1.29 is 4.79 Å². The second-order valence-electron chi connectivity index (χ2n) is 9.63. The van der Waals surface area contributed by atoms with Gasteiger partial charge in [-0.15, -0.1) is 5.10 Å². The zero-order chi connectivity index (χ0) is 17.6. The Kier molecular flexibility index (Phi) is 3.02. The van der Waals surface area contributed by atoms with E-state index in [4.69, 9.17) is 0 Å². The van der Waals surface area contributed by atoms with Gasteiger partial charge in [0.05, 0.1) is 6.04 Å². The molecule has 4 heterocycles. The summed E-state index contributed by atoms with van der Waals surface area (Å²) in [7, 11) is 1.92. The van der Waals surface area contributed by atoms with Gasteiger partial charge in [-0.25, -0.2) is 4.68 Å². The zero-order valence-corrected chi connectivity index (χ0v) is 15.7. The Morgan fingerprint density at radius 1 is 1.19 bits per heavy atom. The number of likely N-dealkylation sites (tertiary alicyclic amines) is 1. The highest BCUT2D eigenvalue weighted by Gasteiger charge is 2.67. The molecule has 1 amide bonds. The van der Waals surface area contributed by atoms with Crippen molar-refractivity contribution in [3.63, 3.8) is 0 Å². The summed E-state index contributed by atoms with van der Waals surface area (Å²) in [5, 5.41) is 12.0. The summed E-state index contributed by atoms with van der Waals surface area (Å²) in [5.74, 6) is 3.90. The molecule has 2 bridgehead atoms. The fraction of sp³-hybridized carbons (Fsp3) is 0.895. The molecule has 3 saturated carbocycles. The number of hydrogen-bond donors (Lipinski definition) is 0. The lowest BCUT2D eigenvalue weighted by atomic mass is 9.66. The molecule has 1 aromatic heterocycles. The Hall–Kier alpha value is -1.50. The molecule has 3 aliphatic carbocycles. The minimum Gasteiger partial charge on any atom is -0.339 e. The maximum atomic E-state index is 13.1. The van der Waals surface area contributed by atoms with Crippen LogP contribution in [0.2, 0.25) is 0 Å². The predicted molar refractivity (Wildman–Crippen MR) is 93.8 cm³/mol. The minimum atomic E-state index is 0.238. The van der Waals surface area contributed by atoms with Crippen molar-refractivity contribution in [2.24, 2.45) is 36.1 Å². The molecule has 6 aliphatic rings. The summed E-state index contributed by atoms with van der Waals surface area (Å²) < 4.78 is 1.79. The molecule has 140 valence electrons. The number of piperidine rings is 2. The van der Waals surface area contributed by atoms with Crippen LogP contribution in [0.5, 0.6) is 0 Å². The van der Waals surface area contributed by atoms with Crippen LogP contribution in [0, 0.1) is 29.1 Å². The number of amides is 1. The van der Waals surface area contributed by atoms with Gasteiger partial charge in [-0.1, -0.05) is 0 Å². The van der Waals surface area contributed by atoms with Crippen LogP contribution < -0.4 is 0 Å². The Balaban J connectivity index is 1.21. The first kappa shape index (κ1) is 15.5. The third kappa shape index (κ3) is 2.03. The molecule has 0 aromatic carbocycles. The van der Waals surface area contributed by atoms with Crippen molar-refractivity contribution in [3.8, 4) is 0 Å². The summed E-state index contributed by atoms with van der Waals surface area (Å²) in [5.41, 5.74) is 0.474. The third-order valence-corrected chi connectivity index (χ3v) is 8.44. The maximum Gasteiger partial charge on any atom is 0.226 e. The number of carbonyl (C=O) groups is 1. The van der Waals surface area contributed by atoms with Crippen LogP contribution in [0.3, 0.4) is 0 Å². The van der Waals surface area contributed by atoms with Gasteiger partial charge in [0.1, 0.15) is 0 Å². The van der Waals surface area contributed by atoms with Gasteiger partial charge >= 0.3 is 0 Å². The molecule has 6 fully saturated rings. The lowest BCUT2D eigenvalue weighted by Gasteiger charge is -2.52. The topological polar surface area (TPSA) is 67.2 Å². The predicted octanol–water partition coefficient (Wildman–Crippen LogP) is 1.24. The molecule has 7 nitrogen and oxygen atoms in total. The van der Waals surface area contributed by atoms with Gasteiger partial charge in [0.15, 0.2) is 5.82 Å². The Bertz CT molecular complexity index is 757. The van der Waals surface area contributed by atoms with Crippen LogP contribution >= 0.6 is 0 Å². The molecule has 6 unspecified atom stereocenters. The first-order valence-corrected chi connectivity index (χ1v) is 10.3. The molecule has 3 saturated heterocycles. The zero-order valence-electron chi connectivity index (χ0n) is 15.7. The van der Waals surface area contributed by atoms with Crippen molar-refractivity contribution >= 4 is 5.91 Å². The normalized spacial score (nSPS) is 40.7. The lowest BCUT2D eigenvalue weighted by Crippen LogP contribution is -2.59. The smallest absolute Gasteiger partial charge is 0.226 e. The van der Waals surface area contributed by atoms with E-state index in [1.807, 2.05) is 7.05 Å². The fourth-order valence-corrected chi connectivity index (χ4v) is 6.54. The molecule has 1 aromatic rings. The fourth-order valence-electron chi connectivity index (χ4n) is 6.54. The van der Waals surface area contributed by atoms with Crippen LogP contribution in [-0.2, 0) is 11.8 Å². The van der Waals surface area contributed by atoms with Crippen LogP contribution in [0.25, 0.3) is 0 Å². The van der Waals surface area contributed by atoms with E-state index in [1.54, 1.807) is 4.68 Å². The van der Waals surface area contributed by atoms with E-state index in [0.29, 0.717) is 35.1 Å². The lowest BCUT2D eigenvalue weighted by molar-refractivity contribution is -0.145. The number of hydrogen-bond acceptors (Lipinski definition) is 5. The van der Waals surface area contributed by atoms with E-state index in [1.165, 1.54) is 32.1 Å². The van der Waals surface area contributed by atoms with Gasteiger partial charge in [0, 0.05) is 38.6 Å². The SMILES string of the molecule is CC(c1nnnn1C)N1CC2C3CCC(C2C1)N(C(=O)C1CC12CC2)C3. The maximum absolute atomic E-state index is 13.1. The van der Waals surface area contributed by atoms with Crippen molar-refractivity contribution in [2.45, 2.75) is 51.1 Å². The van der Waals surface area contributed by atoms with Crippen molar-refractivity contribution in [1.29, 1.82) is 0 Å². The average Bonchev–Trinajstić information content (AvgIpc) is 3.46. The number of fused-ring (bicyclic) bond motifs is 2. The van der Waals surface area contributed by atoms with Crippen molar-refractivity contribution in [2.75, 3.05) is 19.6 Å². The van der Waals surface area contributed by atoms with Crippen molar-refractivity contribution in [1.82, 2.24) is 30.0 Å². The quantitative estimate of drug-likeness (QED) is 0.815. The molecule has 0 N–H and O–H groups in total. The molecule has 1 spiro atoms. The Morgan fingerprint density at radius 3 is 2.69 bits per heavy atom. The molecule has 7 heteroatoms. The molecular formula is C19H28N6O. The van der Waals surface area contributed by atoms with E-state index < -0.39 is 0 Å². The van der Waals surface area contributed by atoms with Gasteiger partial charge in [-0.3, -0.25) is 9.69 Å². The average molecular weight is 356 g/mol. The highest BCUT2D eigenvalue weighted by Crippen LogP contribution is 2.71. The monoisotopic (exact) mass is 356 g/mol. The number of tetrazole rings is 1. The molecule has 3 aliphatic heterocycles. The van der Waals surface area contributed by atoms with Crippen LogP contribution in [0.15, 0.2) is 0 Å². The summed E-state index contributed by atoms with van der Waals surface area (Å²) in [6.45, 7) is 5.45. The van der Waals surface area contributed by atoms with Gasteiger partial charge in [-0.05, 0) is 72.6 Å². The van der Waals surface area contributed by atoms with E-state index in [-0.39, 0.29) is 6.04 Å². The van der Waals surface area contributed by atoms with Gasteiger partial charge < -0.3 is 4.90 Å². The molecule has 26 heavy (non-hydrogen) atoms. The first-order valence-electron chi connectivity index (χ1n) is 10.3. The second-order valence-corrected chi connectivity index (χ2v) is 9.63. The number of carbonyl (C=O) groups excluding carboxylic acids is 1. The van der Waals surface area contributed by atoms with Crippen LogP contribution in [-0.4, -0.2) is 61.6 Å². The van der Waals surface area contributed by atoms with Crippen LogP contribution in [0.4, 0.5) is 0 Å². The van der Waals surface area contributed by atoms with E-state index in [9.17, 15) is 4.79 Å². The van der Waals surface area contributed by atoms with E-state index >= 15 is 0 Å². The third-order valence-electron chi connectivity index (χ3n) is 8.44. The second kappa shape index (κ2) is 5.06. The van der Waals surface area contributed by atoms with Crippen molar-refractivity contribution in [3.05, 3.63) is 5.82 Å². The summed E-state index contributed by atoms with van der Waals surface area (Å²) in [6.07, 6.45) is 6.29. The minimum absolute atomic E-state index is 0.238. The standard InChI is InChI=1S/C19H28N6O/c1-11(17-20-21-22-23(17)2)24-9-13-12-3-4-16(14(13)10-24)25(8-12)18(26)15-7-19(15)5-6-19/h11-16H,3-10H2,1-2H3.